The zero-order chi connectivity index (χ0) is 14.7. The van der Waals surface area contributed by atoms with Crippen molar-refractivity contribution in [1.82, 2.24) is 0 Å². The van der Waals surface area contributed by atoms with Crippen LogP contribution in [0.25, 0.3) is 0 Å². The van der Waals surface area contributed by atoms with Crippen molar-refractivity contribution in [2.24, 2.45) is 0 Å². The molecule has 0 heterocycles. The first-order valence-corrected chi connectivity index (χ1v) is 6.92. The van der Waals surface area contributed by atoms with Gasteiger partial charge in [0.25, 0.3) is 5.91 Å². The molecule has 0 saturated carbocycles. The van der Waals surface area contributed by atoms with E-state index in [0.717, 1.165) is 22.5 Å². The summed E-state index contributed by atoms with van der Waals surface area (Å²) in [7, 11) is 0. The van der Waals surface area contributed by atoms with Crippen LogP contribution >= 0.6 is 15.9 Å². The van der Waals surface area contributed by atoms with Crippen LogP contribution in [0.15, 0.2) is 40.9 Å². The van der Waals surface area contributed by atoms with Gasteiger partial charge in [-0.25, -0.2) is 0 Å². The molecule has 5 heteroatoms. The van der Waals surface area contributed by atoms with Crippen molar-refractivity contribution in [3.63, 3.8) is 0 Å². The smallest absolute Gasteiger partial charge is 0.259 e. The average molecular weight is 336 g/mol. The van der Waals surface area contributed by atoms with Gasteiger partial charge in [-0.05, 0) is 42.3 Å². The number of carbonyl (C=O) groups is 1. The molecule has 0 unspecified atom stereocenters. The van der Waals surface area contributed by atoms with Crippen LogP contribution in [0.3, 0.4) is 0 Å². The standard InChI is InChI=1S/C15H14BrNO3/c1-2-9-7-10(16)3-6-13(9)17-15(20)12-5-4-11(18)8-14(12)19/h3-8,18-19H,2H2,1H3,(H,17,20). The van der Waals surface area contributed by atoms with Crippen molar-refractivity contribution in [3.8, 4) is 11.5 Å². The van der Waals surface area contributed by atoms with Gasteiger partial charge in [-0.15, -0.1) is 0 Å². The van der Waals surface area contributed by atoms with E-state index in [1.165, 1.54) is 12.1 Å². The first-order chi connectivity index (χ1) is 9.51. The van der Waals surface area contributed by atoms with E-state index in [9.17, 15) is 15.0 Å². The highest BCUT2D eigenvalue weighted by Crippen LogP contribution is 2.26. The Labute approximate surface area is 125 Å². The molecule has 0 spiro atoms. The molecule has 0 aliphatic carbocycles. The van der Waals surface area contributed by atoms with Crippen LogP contribution in [0.4, 0.5) is 5.69 Å². The molecule has 0 aliphatic rings. The SMILES string of the molecule is CCc1cc(Br)ccc1NC(=O)c1ccc(O)cc1O. The van der Waals surface area contributed by atoms with Crippen molar-refractivity contribution in [1.29, 1.82) is 0 Å². The second-order valence-corrected chi connectivity index (χ2v) is 5.23. The van der Waals surface area contributed by atoms with Gasteiger partial charge in [-0.3, -0.25) is 4.79 Å². The summed E-state index contributed by atoms with van der Waals surface area (Å²) in [5.41, 5.74) is 1.81. The van der Waals surface area contributed by atoms with Crippen LogP contribution in [0, 0.1) is 0 Å². The first-order valence-electron chi connectivity index (χ1n) is 6.13. The Morgan fingerprint density at radius 3 is 2.60 bits per heavy atom. The van der Waals surface area contributed by atoms with Crippen molar-refractivity contribution < 1.29 is 15.0 Å². The van der Waals surface area contributed by atoms with E-state index in [2.05, 4.69) is 21.2 Å². The van der Waals surface area contributed by atoms with Crippen LogP contribution in [0.1, 0.15) is 22.8 Å². The first kappa shape index (κ1) is 14.4. The third-order valence-electron chi connectivity index (χ3n) is 2.92. The van der Waals surface area contributed by atoms with Crippen LogP contribution < -0.4 is 5.32 Å². The molecule has 0 saturated heterocycles. The molecule has 2 aromatic carbocycles. The van der Waals surface area contributed by atoms with E-state index in [1.807, 2.05) is 19.1 Å². The normalized spacial score (nSPS) is 10.3. The Morgan fingerprint density at radius 1 is 1.20 bits per heavy atom. The van der Waals surface area contributed by atoms with E-state index in [4.69, 9.17) is 0 Å². The summed E-state index contributed by atoms with van der Waals surface area (Å²) in [5.74, 6) is -0.755. The maximum Gasteiger partial charge on any atom is 0.259 e. The second-order valence-electron chi connectivity index (χ2n) is 4.31. The Balaban J connectivity index is 2.28. The fourth-order valence-corrected chi connectivity index (χ4v) is 2.29. The molecule has 0 bridgehead atoms. The monoisotopic (exact) mass is 335 g/mol. The minimum Gasteiger partial charge on any atom is -0.508 e. The molecule has 0 aliphatic heterocycles. The number of hydrogen-bond donors (Lipinski definition) is 3. The summed E-state index contributed by atoms with van der Waals surface area (Å²) in [6.45, 7) is 2.00. The molecule has 104 valence electrons. The number of phenolic OH excluding ortho intramolecular Hbond substituents is 2. The number of nitrogens with one attached hydrogen (secondary N) is 1. The molecule has 4 nitrogen and oxygen atoms in total. The van der Waals surface area contributed by atoms with E-state index in [0.29, 0.717) is 5.69 Å². The van der Waals surface area contributed by atoms with Gasteiger partial charge in [-0.2, -0.15) is 0 Å². The molecule has 2 rings (SSSR count). The number of hydrogen-bond acceptors (Lipinski definition) is 3. The zero-order valence-electron chi connectivity index (χ0n) is 10.9. The number of rotatable bonds is 3. The summed E-state index contributed by atoms with van der Waals surface area (Å²) in [6.07, 6.45) is 0.774. The molecule has 2 aromatic rings. The lowest BCUT2D eigenvalue weighted by molar-refractivity contribution is 0.102. The molecular weight excluding hydrogens is 322 g/mol. The lowest BCUT2D eigenvalue weighted by Crippen LogP contribution is -2.13. The Bertz CT molecular complexity index is 656. The predicted molar refractivity (Wildman–Crippen MR) is 81.2 cm³/mol. The summed E-state index contributed by atoms with van der Waals surface area (Å²) < 4.78 is 0.944. The lowest BCUT2D eigenvalue weighted by Gasteiger charge is -2.11. The third-order valence-corrected chi connectivity index (χ3v) is 3.42. The third kappa shape index (κ3) is 3.11. The van der Waals surface area contributed by atoms with Gasteiger partial charge in [-0.1, -0.05) is 22.9 Å². The van der Waals surface area contributed by atoms with Gasteiger partial charge in [0.15, 0.2) is 0 Å². The Morgan fingerprint density at radius 2 is 1.95 bits per heavy atom. The molecule has 3 N–H and O–H groups in total. The molecule has 0 atom stereocenters. The quantitative estimate of drug-likeness (QED) is 0.801. The number of aromatic hydroxyl groups is 2. The van der Waals surface area contributed by atoms with Crippen LogP contribution in [-0.4, -0.2) is 16.1 Å². The number of halogens is 1. The zero-order valence-corrected chi connectivity index (χ0v) is 12.4. The van der Waals surface area contributed by atoms with Crippen molar-refractivity contribution in [2.75, 3.05) is 5.32 Å². The second kappa shape index (κ2) is 5.96. The maximum absolute atomic E-state index is 12.1. The highest BCUT2D eigenvalue weighted by molar-refractivity contribution is 9.10. The van der Waals surface area contributed by atoms with Crippen LogP contribution in [0.5, 0.6) is 11.5 Å². The van der Waals surface area contributed by atoms with Crippen molar-refractivity contribution >= 4 is 27.5 Å². The van der Waals surface area contributed by atoms with Crippen LogP contribution in [-0.2, 0) is 6.42 Å². The van der Waals surface area contributed by atoms with Gasteiger partial charge in [0, 0.05) is 16.2 Å². The van der Waals surface area contributed by atoms with Crippen molar-refractivity contribution in [3.05, 3.63) is 52.0 Å². The number of carbonyl (C=O) groups excluding carboxylic acids is 1. The molecule has 1 amide bonds. The number of phenols is 2. The fourth-order valence-electron chi connectivity index (χ4n) is 1.88. The molecule has 0 radical (unpaired) electrons. The van der Waals surface area contributed by atoms with Crippen LogP contribution in [0.2, 0.25) is 0 Å². The minimum atomic E-state index is -0.417. The molecular formula is C15H14BrNO3. The van der Waals surface area contributed by atoms with E-state index in [1.54, 1.807) is 6.07 Å². The topological polar surface area (TPSA) is 69.6 Å². The van der Waals surface area contributed by atoms with Gasteiger partial charge in [0.2, 0.25) is 0 Å². The highest BCUT2D eigenvalue weighted by Gasteiger charge is 2.13. The maximum atomic E-state index is 12.1. The summed E-state index contributed by atoms with van der Waals surface area (Å²) in [6, 6.07) is 9.45. The molecule has 0 fully saturated rings. The number of anilines is 1. The fraction of sp³-hybridized carbons (Fsp3) is 0.133. The van der Waals surface area contributed by atoms with Gasteiger partial charge in [0.05, 0.1) is 5.56 Å². The average Bonchev–Trinajstić information content (AvgIpc) is 2.40. The minimum absolute atomic E-state index is 0.0862. The van der Waals surface area contributed by atoms with E-state index >= 15 is 0 Å². The summed E-state index contributed by atoms with van der Waals surface area (Å²) >= 11 is 3.39. The largest absolute Gasteiger partial charge is 0.508 e. The summed E-state index contributed by atoms with van der Waals surface area (Å²) in [4.78, 5) is 12.1. The summed E-state index contributed by atoms with van der Waals surface area (Å²) in [5, 5.41) is 21.7. The highest BCUT2D eigenvalue weighted by atomic mass is 79.9. The Kier molecular flexibility index (Phi) is 4.29. The molecule has 0 aromatic heterocycles. The Hall–Kier alpha value is -2.01. The number of aryl methyl sites for hydroxylation is 1. The van der Waals surface area contributed by atoms with Gasteiger partial charge < -0.3 is 15.5 Å². The van der Waals surface area contributed by atoms with E-state index < -0.39 is 5.91 Å². The van der Waals surface area contributed by atoms with Gasteiger partial charge in [0.1, 0.15) is 11.5 Å². The van der Waals surface area contributed by atoms with E-state index in [-0.39, 0.29) is 17.1 Å². The predicted octanol–water partition coefficient (Wildman–Crippen LogP) is 3.68. The van der Waals surface area contributed by atoms with Gasteiger partial charge >= 0.3 is 0 Å². The number of benzene rings is 2. The molecule has 20 heavy (non-hydrogen) atoms. The lowest BCUT2D eigenvalue weighted by atomic mass is 10.1. The number of amides is 1. The van der Waals surface area contributed by atoms with Crippen molar-refractivity contribution in [2.45, 2.75) is 13.3 Å².